The SMILES string of the molecule is O=C(CCn1cccn1)NCc1ccccc1Br. The number of nitrogens with one attached hydrogen (secondary N) is 1. The smallest absolute Gasteiger partial charge is 0.222 e. The van der Waals surface area contributed by atoms with Crippen LogP contribution in [-0.2, 0) is 17.9 Å². The van der Waals surface area contributed by atoms with Crippen LogP contribution in [0.15, 0.2) is 47.2 Å². The Bertz CT molecular complexity index is 511. The lowest BCUT2D eigenvalue weighted by atomic mass is 10.2. The van der Waals surface area contributed by atoms with Crippen molar-refractivity contribution in [1.29, 1.82) is 0 Å². The minimum atomic E-state index is 0.0289. The number of carbonyl (C=O) groups is 1. The average Bonchev–Trinajstić information content (AvgIpc) is 2.88. The van der Waals surface area contributed by atoms with Crippen LogP contribution in [0.4, 0.5) is 0 Å². The first-order chi connectivity index (χ1) is 8.75. The molecule has 0 fully saturated rings. The van der Waals surface area contributed by atoms with Gasteiger partial charge in [0.2, 0.25) is 5.91 Å². The van der Waals surface area contributed by atoms with Crippen LogP contribution < -0.4 is 5.32 Å². The van der Waals surface area contributed by atoms with Gasteiger partial charge in [0.25, 0.3) is 0 Å². The highest BCUT2D eigenvalue weighted by atomic mass is 79.9. The molecule has 5 heteroatoms. The quantitative estimate of drug-likeness (QED) is 0.921. The van der Waals surface area contributed by atoms with Crippen LogP contribution in [0.2, 0.25) is 0 Å². The minimum Gasteiger partial charge on any atom is -0.352 e. The number of carbonyl (C=O) groups excluding carboxylic acids is 1. The van der Waals surface area contributed by atoms with E-state index in [0.29, 0.717) is 19.5 Å². The van der Waals surface area contributed by atoms with Crippen LogP contribution >= 0.6 is 15.9 Å². The maximum absolute atomic E-state index is 11.7. The third-order valence-corrected chi connectivity index (χ3v) is 3.33. The molecule has 1 aromatic carbocycles. The molecule has 4 nitrogen and oxygen atoms in total. The summed E-state index contributed by atoms with van der Waals surface area (Å²) in [6.07, 6.45) is 3.99. The number of amides is 1. The van der Waals surface area contributed by atoms with Crippen LogP contribution in [0.3, 0.4) is 0 Å². The van der Waals surface area contributed by atoms with Gasteiger partial charge in [-0.05, 0) is 17.7 Å². The Balaban J connectivity index is 1.77. The highest BCUT2D eigenvalue weighted by molar-refractivity contribution is 9.10. The van der Waals surface area contributed by atoms with Gasteiger partial charge in [-0.25, -0.2) is 0 Å². The Morgan fingerprint density at radius 2 is 2.17 bits per heavy atom. The fraction of sp³-hybridized carbons (Fsp3) is 0.231. The fourth-order valence-electron chi connectivity index (χ4n) is 1.57. The predicted molar refractivity (Wildman–Crippen MR) is 72.8 cm³/mol. The van der Waals surface area contributed by atoms with Crippen molar-refractivity contribution in [2.24, 2.45) is 0 Å². The molecule has 94 valence electrons. The summed E-state index contributed by atoms with van der Waals surface area (Å²) in [7, 11) is 0. The summed E-state index contributed by atoms with van der Waals surface area (Å²) in [6.45, 7) is 1.15. The Hall–Kier alpha value is -1.62. The number of aromatic nitrogens is 2. The molecule has 1 amide bonds. The van der Waals surface area contributed by atoms with E-state index in [4.69, 9.17) is 0 Å². The molecule has 0 saturated heterocycles. The summed E-state index contributed by atoms with van der Waals surface area (Å²) < 4.78 is 2.76. The fourth-order valence-corrected chi connectivity index (χ4v) is 2.00. The zero-order valence-electron chi connectivity index (χ0n) is 9.84. The average molecular weight is 308 g/mol. The molecule has 1 aromatic heterocycles. The summed E-state index contributed by atoms with van der Waals surface area (Å²) in [5, 5.41) is 6.94. The third kappa shape index (κ3) is 3.70. The number of hydrogen-bond acceptors (Lipinski definition) is 2. The summed E-state index contributed by atoms with van der Waals surface area (Å²) >= 11 is 3.45. The van der Waals surface area contributed by atoms with Gasteiger partial charge in [-0.3, -0.25) is 9.48 Å². The van der Waals surface area contributed by atoms with E-state index < -0.39 is 0 Å². The molecule has 1 heterocycles. The molecule has 0 radical (unpaired) electrons. The molecule has 0 atom stereocenters. The molecule has 18 heavy (non-hydrogen) atoms. The summed E-state index contributed by atoms with van der Waals surface area (Å²) in [4.78, 5) is 11.7. The van der Waals surface area contributed by atoms with Crippen molar-refractivity contribution in [3.63, 3.8) is 0 Å². The van der Waals surface area contributed by atoms with E-state index in [0.717, 1.165) is 10.0 Å². The second-order valence-corrected chi connectivity index (χ2v) is 4.74. The van der Waals surface area contributed by atoms with Crippen LogP contribution in [0.25, 0.3) is 0 Å². The van der Waals surface area contributed by atoms with Crippen LogP contribution in [0.1, 0.15) is 12.0 Å². The van der Waals surface area contributed by atoms with Crippen molar-refractivity contribution >= 4 is 21.8 Å². The molecule has 0 aliphatic heterocycles. The van der Waals surface area contributed by atoms with Gasteiger partial charge < -0.3 is 5.32 Å². The maximum Gasteiger partial charge on any atom is 0.222 e. The second kappa shape index (κ2) is 6.35. The Labute approximate surface area is 114 Å². The van der Waals surface area contributed by atoms with Crippen molar-refractivity contribution in [3.05, 3.63) is 52.8 Å². The molecule has 0 aliphatic carbocycles. The van der Waals surface area contributed by atoms with E-state index in [1.54, 1.807) is 10.9 Å². The van der Waals surface area contributed by atoms with Gasteiger partial charge in [0.05, 0.1) is 0 Å². The number of aryl methyl sites for hydroxylation is 1. The Morgan fingerprint density at radius 3 is 2.89 bits per heavy atom. The maximum atomic E-state index is 11.7. The first kappa shape index (κ1) is 12.8. The standard InChI is InChI=1S/C13H14BrN3O/c14-12-5-2-1-4-11(12)10-15-13(18)6-9-17-8-3-7-16-17/h1-5,7-8H,6,9-10H2,(H,15,18). The van der Waals surface area contributed by atoms with Gasteiger partial charge >= 0.3 is 0 Å². The number of nitrogens with zero attached hydrogens (tertiary/aromatic N) is 2. The minimum absolute atomic E-state index is 0.0289. The highest BCUT2D eigenvalue weighted by Gasteiger charge is 2.03. The Morgan fingerprint density at radius 1 is 1.33 bits per heavy atom. The lowest BCUT2D eigenvalue weighted by molar-refractivity contribution is -0.121. The van der Waals surface area contributed by atoms with Crippen LogP contribution in [0.5, 0.6) is 0 Å². The molecular weight excluding hydrogens is 294 g/mol. The Kier molecular flexibility index (Phi) is 4.52. The van der Waals surface area contributed by atoms with Crippen molar-refractivity contribution in [3.8, 4) is 0 Å². The van der Waals surface area contributed by atoms with Gasteiger partial charge in [0.1, 0.15) is 0 Å². The van der Waals surface area contributed by atoms with Gasteiger partial charge in [0.15, 0.2) is 0 Å². The molecular formula is C13H14BrN3O. The first-order valence-electron chi connectivity index (χ1n) is 5.73. The van der Waals surface area contributed by atoms with E-state index in [2.05, 4.69) is 26.3 Å². The molecule has 2 aromatic rings. The molecule has 0 saturated carbocycles. The second-order valence-electron chi connectivity index (χ2n) is 3.89. The summed E-state index contributed by atoms with van der Waals surface area (Å²) in [5.74, 6) is 0.0289. The number of rotatable bonds is 5. The monoisotopic (exact) mass is 307 g/mol. The number of benzene rings is 1. The summed E-state index contributed by atoms with van der Waals surface area (Å²) in [5.41, 5.74) is 1.07. The van der Waals surface area contributed by atoms with Crippen molar-refractivity contribution in [2.45, 2.75) is 19.5 Å². The largest absolute Gasteiger partial charge is 0.352 e. The van der Waals surface area contributed by atoms with Crippen molar-refractivity contribution < 1.29 is 4.79 Å². The molecule has 2 rings (SSSR count). The lowest BCUT2D eigenvalue weighted by Crippen LogP contribution is -2.24. The normalized spacial score (nSPS) is 10.3. The zero-order chi connectivity index (χ0) is 12.8. The third-order valence-electron chi connectivity index (χ3n) is 2.56. The van der Waals surface area contributed by atoms with Crippen molar-refractivity contribution in [2.75, 3.05) is 0 Å². The highest BCUT2D eigenvalue weighted by Crippen LogP contribution is 2.15. The van der Waals surface area contributed by atoms with Crippen LogP contribution in [0, 0.1) is 0 Å². The van der Waals surface area contributed by atoms with Crippen LogP contribution in [-0.4, -0.2) is 15.7 Å². The van der Waals surface area contributed by atoms with E-state index >= 15 is 0 Å². The number of hydrogen-bond donors (Lipinski definition) is 1. The topological polar surface area (TPSA) is 46.9 Å². The van der Waals surface area contributed by atoms with E-state index in [1.807, 2.05) is 36.5 Å². The van der Waals surface area contributed by atoms with Gasteiger partial charge in [-0.1, -0.05) is 34.1 Å². The van der Waals surface area contributed by atoms with Gasteiger partial charge in [-0.15, -0.1) is 0 Å². The molecule has 0 bridgehead atoms. The van der Waals surface area contributed by atoms with Gasteiger partial charge in [-0.2, -0.15) is 5.10 Å². The number of halogens is 1. The van der Waals surface area contributed by atoms with E-state index in [9.17, 15) is 4.79 Å². The van der Waals surface area contributed by atoms with Crippen molar-refractivity contribution in [1.82, 2.24) is 15.1 Å². The van der Waals surface area contributed by atoms with E-state index in [1.165, 1.54) is 0 Å². The zero-order valence-corrected chi connectivity index (χ0v) is 11.4. The molecule has 1 N–H and O–H groups in total. The van der Waals surface area contributed by atoms with Gasteiger partial charge in [0, 0.05) is 36.4 Å². The summed E-state index contributed by atoms with van der Waals surface area (Å²) in [6, 6.07) is 9.70. The van der Waals surface area contributed by atoms with E-state index in [-0.39, 0.29) is 5.91 Å². The first-order valence-corrected chi connectivity index (χ1v) is 6.52. The molecule has 0 unspecified atom stereocenters. The molecule has 0 aliphatic rings. The predicted octanol–water partition coefficient (Wildman–Crippen LogP) is 2.35. The molecule has 0 spiro atoms. The lowest BCUT2D eigenvalue weighted by Gasteiger charge is -2.07.